The maximum absolute atomic E-state index is 5.53. The van der Waals surface area contributed by atoms with Crippen molar-refractivity contribution in [3.8, 4) is 0 Å². The van der Waals surface area contributed by atoms with E-state index in [9.17, 15) is 0 Å². The first-order chi connectivity index (χ1) is 8.65. The van der Waals surface area contributed by atoms with Crippen molar-refractivity contribution in [1.29, 1.82) is 0 Å². The van der Waals surface area contributed by atoms with Gasteiger partial charge < -0.3 is 11.1 Å². The van der Waals surface area contributed by atoms with Gasteiger partial charge in [0.2, 0.25) is 0 Å². The summed E-state index contributed by atoms with van der Waals surface area (Å²) in [4.78, 5) is 4.61. The second-order valence-electron chi connectivity index (χ2n) is 3.93. The first-order valence-corrected chi connectivity index (χ1v) is 6.05. The van der Waals surface area contributed by atoms with Gasteiger partial charge in [-0.25, -0.2) is 4.98 Å². The third-order valence-electron chi connectivity index (χ3n) is 2.46. The minimum Gasteiger partial charge on any atom is -0.388 e. The molecule has 0 unspecified atom stereocenters. The van der Waals surface area contributed by atoms with E-state index in [-0.39, 0.29) is 0 Å². The van der Waals surface area contributed by atoms with Gasteiger partial charge in [-0.1, -0.05) is 18.3 Å². The molecular formula is C12H15N5S. The molecule has 2 aromatic heterocycles. The van der Waals surface area contributed by atoms with Gasteiger partial charge in [-0.2, -0.15) is 5.10 Å². The Kier molecular flexibility index (Phi) is 3.88. The lowest BCUT2D eigenvalue weighted by Crippen LogP contribution is -2.13. The molecule has 0 atom stereocenters. The van der Waals surface area contributed by atoms with E-state index in [4.69, 9.17) is 18.0 Å². The lowest BCUT2D eigenvalue weighted by Gasteiger charge is -2.05. The number of nitrogens with zero attached hydrogens (tertiary/aromatic N) is 3. The first-order valence-electron chi connectivity index (χ1n) is 5.64. The Morgan fingerprint density at radius 3 is 2.94 bits per heavy atom. The molecule has 0 bridgehead atoms. The van der Waals surface area contributed by atoms with Gasteiger partial charge in [0.15, 0.2) is 0 Å². The fourth-order valence-corrected chi connectivity index (χ4v) is 1.70. The molecule has 0 amide bonds. The molecular weight excluding hydrogens is 246 g/mol. The minimum atomic E-state index is 0.309. The Hall–Kier alpha value is -1.95. The number of pyridine rings is 1. The summed E-state index contributed by atoms with van der Waals surface area (Å²) >= 11 is 4.89. The Labute approximate surface area is 111 Å². The fraction of sp³-hybridized carbons (Fsp3) is 0.250. The van der Waals surface area contributed by atoms with Crippen molar-refractivity contribution in [2.24, 2.45) is 12.8 Å². The Bertz CT molecular complexity index is 549. The Morgan fingerprint density at radius 1 is 1.44 bits per heavy atom. The van der Waals surface area contributed by atoms with Crippen molar-refractivity contribution >= 4 is 23.0 Å². The number of hydrogen-bond acceptors (Lipinski definition) is 4. The predicted molar refractivity (Wildman–Crippen MR) is 75.5 cm³/mol. The molecule has 0 aromatic carbocycles. The van der Waals surface area contributed by atoms with Gasteiger partial charge in [0.1, 0.15) is 10.8 Å². The van der Waals surface area contributed by atoms with E-state index < -0.39 is 0 Å². The normalized spacial score (nSPS) is 10.3. The molecule has 2 aromatic rings. The molecule has 5 nitrogen and oxygen atoms in total. The second kappa shape index (κ2) is 5.59. The molecule has 18 heavy (non-hydrogen) atoms. The van der Waals surface area contributed by atoms with Crippen molar-refractivity contribution in [2.45, 2.75) is 6.42 Å². The summed E-state index contributed by atoms with van der Waals surface area (Å²) in [6.45, 7) is 0.769. The van der Waals surface area contributed by atoms with Crippen LogP contribution in [-0.4, -0.2) is 26.3 Å². The average Bonchev–Trinajstić information content (AvgIpc) is 2.75. The molecule has 94 valence electrons. The SMILES string of the molecule is Cn1ccc(CCNc2cccc(C(N)=S)n2)n1. The molecule has 0 aliphatic heterocycles. The Morgan fingerprint density at radius 2 is 2.28 bits per heavy atom. The quantitative estimate of drug-likeness (QED) is 0.789. The number of rotatable bonds is 5. The number of nitrogens with one attached hydrogen (secondary N) is 1. The van der Waals surface area contributed by atoms with Gasteiger partial charge in [-0.15, -0.1) is 0 Å². The van der Waals surface area contributed by atoms with Crippen LogP contribution in [0.1, 0.15) is 11.4 Å². The Balaban J connectivity index is 1.90. The van der Waals surface area contributed by atoms with Crippen LogP contribution in [0.2, 0.25) is 0 Å². The molecule has 2 rings (SSSR count). The number of thiocarbonyl (C=S) groups is 1. The summed E-state index contributed by atoms with van der Waals surface area (Å²) in [5.74, 6) is 0.774. The molecule has 0 saturated carbocycles. The number of hydrogen-bond donors (Lipinski definition) is 2. The zero-order valence-corrected chi connectivity index (χ0v) is 10.9. The maximum Gasteiger partial charge on any atom is 0.126 e. The highest BCUT2D eigenvalue weighted by molar-refractivity contribution is 7.80. The van der Waals surface area contributed by atoms with Crippen LogP contribution in [0.5, 0.6) is 0 Å². The van der Waals surface area contributed by atoms with Gasteiger partial charge in [-0.3, -0.25) is 4.68 Å². The third kappa shape index (κ3) is 3.27. The topological polar surface area (TPSA) is 68.8 Å². The molecule has 0 saturated heterocycles. The lowest BCUT2D eigenvalue weighted by molar-refractivity contribution is 0.742. The van der Waals surface area contributed by atoms with Gasteiger partial charge in [0.25, 0.3) is 0 Å². The van der Waals surface area contributed by atoms with Crippen molar-refractivity contribution in [3.63, 3.8) is 0 Å². The molecule has 2 heterocycles. The van der Waals surface area contributed by atoms with E-state index in [2.05, 4.69) is 15.4 Å². The van der Waals surface area contributed by atoms with Gasteiger partial charge in [0, 0.05) is 26.2 Å². The summed E-state index contributed by atoms with van der Waals surface area (Å²) in [5.41, 5.74) is 7.22. The lowest BCUT2D eigenvalue weighted by atomic mass is 10.3. The third-order valence-corrected chi connectivity index (χ3v) is 2.67. The standard InChI is InChI=1S/C12H15N5S/c1-17-8-6-9(16-17)5-7-14-11-4-2-3-10(15-11)12(13)18/h2-4,6,8H,5,7H2,1H3,(H2,13,18)(H,14,15). The van der Waals surface area contributed by atoms with Crippen LogP contribution in [0.3, 0.4) is 0 Å². The van der Waals surface area contributed by atoms with E-state index in [1.54, 1.807) is 10.7 Å². The summed E-state index contributed by atoms with van der Waals surface area (Å²) < 4.78 is 1.79. The zero-order chi connectivity index (χ0) is 13.0. The van der Waals surface area contributed by atoms with E-state index in [1.165, 1.54) is 0 Å². The van der Waals surface area contributed by atoms with Crippen molar-refractivity contribution in [3.05, 3.63) is 41.9 Å². The molecule has 0 fully saturated rings. The van der Waals surface area contributed by atoms with Crippen LogP contribution < -0.4 is 11.1 Å². The van der Waals surface area contributed by atoms with E-state index in [0.717, 1.165) is 24.5 Å². The molecule has 0 radical (unpaired) electrons. The van der Waals surface area contributed by atoms with Gasteiger partial charge in [0.05, 0.1) is 11.4 Å². The van der Waals surface area contributed by atoms with Crippen LogP contribution in [0.4, 0.5) is 5.82 Å². The molecule has 0 aliphatic rings. The number of aryl methyl sites for hydroxylation is 1. The van der Waals surface area contributed by atoms with E-state index in [0.29, 0.717) is 10.7 Å². The number of nitrogens with two attached hydrogens (primary N) is 1. The summed E-state index contributed by atoms with van der Waals surface area (Å²) in [6.07, 6.45) is 2.78. The fourth-order valence-electron chi connectivity index (χ4n) is 1.59. The summed E-state index contributed by atoms with van der Waals surface area (Å²) in [6, 6.07) is 7.57. The maximum atomic E-state index is 5.53. The van der Waals surface area contributed by atoms with Crippen LogP contribution in [0.15, 0.2) is 30.5 Å². The predicted octanol–water partition coefficient (Wildman–Crippen LogP) is 1.10. The van der Waals surface area contributed by atoms with Gasteiger partial charge in [-0.05, 0) is 18.2 Å². The molecule has 0 spiro atoms. The highest BCUT2D eigenvalue weighted by Gasteiger charge is 2.00. The minimum absolute atomic E-state index is 0.309. The second-order valence-corrected chi connectivity index (χ2v) is 4.37. The zero-order valence-electron chi connectivity index (χ0n) is 10.1. The van der Waals surface area contributed by atoms with E-state index in [1.807, 2.05) is 31.4 Å². The number of aromatic nitrogens is 3. The highest BCUT2D eigenvalue weighted by atomic mass is 32.1. The average molecular weight is 261 g/mol. The van der Waals surface area contributed by atoms with Crippen LogP contribution in [0, 0.1) is 0 Å². The van der Waals surface area contributed by atoms with Gasteiger partial charge >= 0.3 is 0 Å². The highest BCUT2D eigenvalue weighted by Crippen LogP contribution is 2.05. The summed E-state index contributed by atoms with van der Waals surface area (Å²) in [5, 5.41) is 7.53. The van der Waals surface area contributed by atoms with Crippen molar-refractivity contribution < 1.29 is 0 Å². The smallest absolute Gasteiger partial charge is 0.126 e. The van der Waals surface area contributed by atoms with Crippen molar-refractivity contribution in [1.82, 2.24) is 14.8 Å². The van der Waals surface area contributed by atoms with Crippen LogP contribution >= 0.6 is 12.2 Å². The van der Waals surface area contributed by atoms with Crippen LogP contribution in [-0.2, 0) is 13.5 Å². The first kappa shape index (κ1) is 12.5. The molecule has 3 N–H and O–H groups in total. The monoisotopic (exact) mass is 261 g/mol. The van der Waals surface area contributed by atoms with Crippen molar-refractivity contribution in [2.75, 3.05) is 11.9 Å². The molecule has 0 aliphatic carbocycles. The summed E-state index contributed by atoms with van der Waals surface area (Å²) in [7, 11) is 1.91. The van der Waals surface area contributed by atoms with Crippen LogP contribution in [0.25, 0.3) is 0 Å². The largest absolute Gasteiger partial charge is 0.388 e. The molecule has 6 heteroatoms. The number of anilines is 1. The van der Waals surface area contributed by atoms with E-state index >= 15 is 0 Å².